The number of carbonyl (C=O) groups excluding carboxylic acids is 1. The molecule has 7 aromatic carbocycles. The third-order valence-electron chi connectivity index (χ3n) is 17.5. The van der Waals surface area contributed by atoms with E-state index in [2.05, 4.69) is 50.1 Å². The summed E-state index contributed by atoms with van der Waals surface area (Å²) in [6, 6.07) is 59.7. The Kier molecular flexibility index (Phi) is 27.4. The normalized spacial score (nSPS) is 28.3. The molecule has 0 amide bonds. The largest absolute Gasteiger partial charge is 0.374 e. The molecule has 522 valence electrons. The number of rotatable bonds is 35. The van der Waals surface area contributed by atoms with Gasteiger partial charge in [0.1, 0.15) is 67.0 Å². The van der Waals surface area contributed by atoms with E-state index in [1.165, 1.54) is 0 Å². The molecule has 3 heterocycles. The minimum absolute atomic E-state index is 0.00274. The van der Waals surface area contributed by atoms with E-state index in [4.69, 9.17) is 61.6 Å². The predicted octanol–water partition coefficient (Wildman–Crippen LogP) is 13.7. The monoisotopic (exact) mass is 1370 g/mol. The Labute approximate surface area is 581 Å². The third kappa shape index (κ3) is 19.8. The van der Waals surface area contributed by atoms with Crippen LogP contribution in [0.1, 0.15) is 45.4 Å². The molecule has 3 aliphatic heterocycles. The van der Waals surface area contributed by atoms with Crippen LogP contribution in [-0.2, 0) is 113 Å². The first-order valence-corrected chi connectivity index (χ1v) is 33.0. The van der Waals surface area contributed by atoms with Crippen molar-refractivity contribution in [2.45, 2.75) is 169 Å². The second-order valence-corrected chi connectivity index (χ2v) is 24.1. The number of benzene rings is 7. The summed E-state index contributed by atoms with van der Waals surface area (Å²) in [5.41, 5.74) is 57.1. The highest BCUT2D eigenvalue weighted by Gasteiger charge is 2.58. The fourth-order valence-electron chi connectivity index (χ4n) is 12.7. The SMILES string of the molecule is [N-]=[N+]=NC[C@@H]1O[C@H](O[C@@H]2C(OCc3ccccc3)[C@H](O[C@@H]3C(OCc4ccccc4)[C@H](N=[N+]=[N-])CC(N=[N+]=[N-])[C@H]3O[C@H]3OC(C=O)[C@@H](OCc4ccccc4)[C@H](OCc4ccccc4)C3N=[N+]=[N-])O[C@@H]2COCc2ccccc2)C(N=[N+]=[N-])C(OCc2ccccc2)[C@@H]1OCc1ccccc1. The summed E-state index contributed by atoms with van der Waals surface area (Å²) in [7, 11) is 0. The Balaban J connectivity index is 1.01. The number of carbonyl (C=O) groups is 1. The van der Waals surface area contributed by atoms with E-state index in [9.17, 15) is 32.5 Å². The molecule has 0 bridgehead atoms. The van der Waals surface area contributed by atoms with Crippen LogP contribution in [0.15, 0.2) is 238 Å². The van der Waals surface area contributed by atoms with Gasteiger partial charge in [-0.1, -0.05) is 238 Å². The molecule has 0 spiro atoms. The average molecular weight is 1370 g/mol. The Bertz CT molecular complexity index is 3930. The molecule has 4 fully saturated rings. The van der Waals surface area contributed by atoms with Crippen LogP contribution < -0.4 is 0 Å². The lowest BCUT2D eigenvalue weighted by Crippen LogP contribution is -2.64. The minimum Gasteiger partial charge on any atom is -0.374 e. The van der Waals surface area contributed by atoms with E-state index in [1.807, 2.05) is 212 Å². The summed E-state index contributed by atoms with van der Waals surface area (Å²) in [5.74, 6) is 0. The topological polar surface area (TPSA) is 381 Å². The van der Waals surface area contributed by atoms with Crippen LogP contribution in [0.2, 0.25) is 0 Å². The number of hydrogen-bond donors (Lipinski definition) is 0. The van der Waals surface area contributed by atoms with Gasteiger partial charge in [-0.2, -0.15) is 0 Å². The van der Waals surface area contributed by atoms with Gasteiger partial charge in [0.25, 0.3) is 0 Å². The molecule has 1 saturated carbocycles. The highest BCUT2D eigenvalue weighted by molar-refractivity contribution is 5.58. The maximum Gasteiger partial charge on any atom is 0.187 e. The third-order valence-corrected chi connectivity index (χ3v) is 17.5. The first-order chi connectivity index (χ1) is 49.8. The van der Waals surface area contributed by atoms with Gasteiger partial charge in [0, 0.05) is 24.6 Å². The number of aldehydes is 1. The lowest BCUT2D eigenvalue weighted by atomic mass is 9.83. The van der Waals surface area contributed by atoms with Crippen LogP contribution in [0.25, 0.3) is 52.2 Å². The highest BCUT2D eigenvalue weighted by atomic mass is 16.8. The summed E-state index contributed by atoms with van der Waals surface area (Å²) >= 11 is 0. The summed E-state index contributed by atoms with van der Waals surface area (Å²) in [6.07, 6.45) is -19.9. The molecule has 0 aromatic heterocycles. The number of hydrogen-bond acceptors (Lipinski definition) is 19. The van der Waals surface area contributed by atoms with Gasteiger partial charge in [0.15, 0.2) is 25.2 Å². The quantitative estimate of drug-likeness (QED) is 0.0154. The van der Waals surface area contributed by atoms with Gasteiger partial charge >= 0.3 is 0 Å². The molecule has 29 heteroatoms. The fourth-order valence-corrected chi connectivity index (χ4v) is 12.7. The van der Waals surface area contributed by atoms with Gasteiger partial charge in [-0.25, -0.2) is 0 Å². The molecule has 3 saturated heterocycles. The Morgan fingerprint density at radius 1 is 0.347 bits per heavy atom. The van der Waals surface area contributed by atoms with Crippen molar-refractivity contribution in [1.82, 2.24) is 0 Å². The van der Waals surface area contributed by atoms with Crippen molar-refractivity contribution in [3.8, 4) is 0 Å². The van der Waals surface area contributed by atoms with E-state index in [0.29, 0.717) is 17.4 Å². The van der Waals surface area contributed by atoms with Crippen LogP contribution >= 0.6 is 0 Å². The zero-order chi connectivity index (χ0) is 69.8. The average Bonchev–Trinajstić information content (AvgIpc) is 1.66. The van der Waals surface area contributed by atoms with Crippen molar-refractivity contribution < 1.29 is 66.4 Å². The van der Waals surface area contributed by atoms with Crippen molar-refractivity contribution in [3.05, 3.63) is 303 Å². The summed E-state index contributed by atoms with van der Waals surface area (Å²) in [5, 5.41) is 21.0. The van der Waals surface area contributed by atoms with Crippen molar-refractivity contribution >= 4 is 6.29 Å². The molecule has 4 aliphatic rings. The first kappa shape index (κ1) is 72.5. The second kappa shape index (κ2) is 38.2. The lowest BCUT2D eigenvalue weighted by Gasteiger charge is -2.48. The van der Waals surface area contributed by atoms with Gasteiger partial charge in [-0.3, -0.25) is 0 Å². The number of ether oxygens (including phenoxy) is 13. The Morgan fingerprint density at radius 3 is 1.12 bits per heavy atom. The standard InChI is InChI=1S/C72H75N15O14/c73-83-78-37-56-63(91-41-49-26-12-3-13-27-49)66(93-43-51-30-16-5-17-31-51)59(81-86-76)70(96-56)100-65-58(46-89-39-47-22-8-1-9-23-47)98-72(69(65)95-45-53-34-20-7-21-35-53)101-68-61(90-40-48-24-10-2-11-25-48)54(79-84-74)36-55(80-85-75)62(68)99-71-60(82-87-77)67(94-44-52-32-18-6-19-33-52)64(57(38-88)97-71)92-42-50-28-14-4-15-29-50/h1-35,38,54-72H,36-37,39-46H2/t54-,55?,56+,57?,58-,59?,60?,61?,62-,63-,64-,65+,66?,67-,68-,69?,70-,71-,72+/m1/s1. The molecule has 19 atom stereocenters. The van der Waals surface area contributed by atoms with Crippen LogP contribution in [0.3, 0.4) is 0 Å². The molecule has 101 heavy (non-hydrogen) atoms. The highest BCUT2D eigenvalue weighted by Crippen LogP contribution is 2.42. The molecule has 7 unspecified atom stereocenters. The van der Waals surface area contributed by atoms with Gasteiger partial charge in [0.05, 0.1) is 89.8 Å². The van der Waals surface area contributed by atoms with Crippen molar-refractivity contribution in [1.29, 1.82) is 0 Å². The van der Waals surface area contributed by atoms with Crippen molar-refractivity contribution in [2.75, 3.05) is 13.2 Å². The summed E-state index contributed by atoms with van der Waals surface area (Å²) in [6.45, 7) is -0.562. The fraction of sp³-hybridized carbons (Fsp3) is 0.403. The van der Waals surface area contributed by atoms with Gasteiger partial charge in [-0.15, -0.1) is 0 Å². The first-order valence-electron chi connectivity index (χ1n) is 33.0. The van der Waals surface area contributed by atoms with E-state index in [0.717, 1.165) is 27.8 Å². The molecule has 0 N–H and O–H groups in total. The van der Waals surface area contributed by atoms with Crippen molar-refractivity contribution in [3.63, 3.8) is 0 Å². The van der Waals surface area contributed by atoms with Crippen molar-refractivity contribution in [2.24, 2.45) is 25.6 Å². The molecule has 29 nitrogen and oxygen atoms in total. The van der Waals surface area contributed by atoms with Crippen LogP contribution in [0, 0.1) is 0 Å². The Hall–Kier alpha value is -9.76. The number of nitrogens with zero attached hydrogens (tertiary/aromatic N) is 15. The zero-order valence-electron chi connectivity index (χ0n) is 54.7. The van der Waals surface area contributed by atoms with Gasteiger partial charge < -0.3 is 66.4 Å². The predicted molar refractivity (Wildman–Crippen MR) is 363 cm³/mol. The summed E-state index contributed by atoms with van der Waals surface area (Å²) < 4.78 is 89.4. The van der Waals surface area contributed by atoms with Crippen LogP contribution in [-0.4, -0.2) is 136 Å². The Morgan fingerprint density at radius 2 is 0.693 bits per heavy atom. The molecular weight excluding hydrogens is 1300 g/mol. The van der Waals surface area contributed by atoms with E-state index in [-0.39, 0.29) is 65.8 Å². The van der Waals surface area contributed by atoms with E-state index in [1.54, 1.807) is 0 Å². The van der Waals surface area contributed by atoms with E-state index < -0.39 is 116 Å². The molecule has 7 aromatic rings. The van der Waals surface area contributed by atoms with Crippen LogP contribution in [0.4, 0.5) is 0 Å². The maximum atomic E-state index is 13.5. The van der Waals surface area contributed by atoms with Gasteiger partial charge in [-0.05, 0) is 73.0 Å². The smallest absolute Gasteiger partial charge is 0.187 e. The molecular formula is C72H75N15O14. The summed E-state index contributed by atoms with van der Waals surface area (Å²) in [4.78, 5) is 29.7. The van der Waals surface area contributed by atoms with Crippen LogP contribution in [0.5, 0.6) is 0 Å². The molecule has 11 rings (SSSR count). The lowest BCUT2D eigenvalue weighted by molar-refractivity contribution is -0.314. The van der Waals surface area contributed by atoms with E-state index >= 15 is 0 Å². The molecule has 0 radical (unpaired) electrons. The molecule has 1 aliphatic carbocycles. The minimum atomic E-state index is -1.70. The van der Waals surface area contributed by atoms with Gasteiger partial charge in [0.2, 0.25) is 0 Å². The zero-order valence-corrected chi connectivity index (χ0v) is 54.7. The second-order valence-electron chi connectivity index (χ2n) is 24.1. The number of azide groups is 5. The maximum absolute atomic E-state index is 13.5.